The highest BCUT2D eigenvalue weighted by molar-refractivity contribution is 4.76. The third-order valence-electron chi connectivity index (χ3n) is 2.21. The summed E-state index contributed by atoms with van der Waals surface area (Å²) in [4.78, 5) is 0. The van der Waals surface area contributed by atoms with E-state index in [0.29, 0.717) is 0 Å². The second kappa shape index (κ2) is 7.34. The zero-order chi connectivity index (χ0) is 10.2. The lowest BCUT2D eigenvalue weighted by atomic mass is 9.97. The molecule has 0 heterocycles. The molecule has 0 aliphatic rings. The van der Waals surface area contributed by atoms with Crippen LogP contribution in [0, 0.1) is 0 Å². The van der Waals surface area contributed by atoms with Gasteiger partial charge >= 0.3 is 0 Å². The van der Waals surface area contributed by atoms with Gasteiger partial charge in [-0.3, -0.25) is 0 Å². The maximum absolute atomic E-state index is 5.27. The molecule has 2 nitrogen and oxygen atoms in total. The van der Waals surface area contributed by atoms with Crippen LogP contribution in [-0.2, 0) is 4.74 Å². The summed E-state index contributed by atoms with van der Waals surface area (Å²) in [7, 11) is 0. The van der Waals surface area contributed by atoms with Crippen molar-refractivity contribution < 1.29 is 4.74 Å². The normalized spacial score (nSPS) is 12.0. The molecule has 0 atom stereocenters. The molecule has 0 radical (unpaired) electrons. The summed E-state index contributed by atoms with van der Waals surface area (Å²) < 4.78 is 5.27. The molecule has 13 heavy (non-hydrogen) atoms. The van der Waals surface area contributed by atoms with E-state index in [9.17, 15) is 0 Å². The Morgan fingerprint density at radius 2 is 1.92 bits per heavy atom. The van der Waals surface area contributed by atoms with Gasteiger partial charge in [-0.25, -0.2) is 0 Å². The number of hydrogen-bond acceptors (Lipinski definition) is 2. The predicted octanol–water partition coefficient (Wildman–Crippen LogP) is 2.58. The lowest BCUT2D eigenvalue weighted by Crippen LogP contribution is -2.41. The van der Waals surface area contributed by atoms with Gasteiger partial charge in [0, 0.05) is 18.7 Å². The lowest BCUT2D eigenvalue weighted by molar-refractivity contribution is 0.141. The Labute approximate surface area is 83.1 Å². The summed E-state index contributed by atoms with van der Waals surface area (Å²) >= 11 is 0. The summed E-state index contributed by atoms with van der Waals surface area (Å²) in [5.74, 6) is 0. The molecule has 0 amide bonds. The minimum Gasteiger partial charge on any atom is -0.380 e. The molecule has 0 aromatic carbocycles. The molecule has 0 fully saturated rings. The van der Waals surface area contributed by atoms with Crippen LogP contribution in [0.5, 0.6) is 0 Å². The third-order valence-corrected chi connectivity index (χ3v) is 2.21. The average Bonchev–Trinajstić information content (AvgIpc) is 2.09. The quantitative estimate of drug-likeness (QED) is 0.590. The molecular weight excluding hydrogens is 162 g/mol. The Morgan fingerprint density at radius 3 is 2.46 bits per heavy atom. The Kier molecular flexibility index (Phi) is 7.29. The van der Waals surface area contributed by atoms with Gasteiger partial charge in [0.15, 0.2) is 0 Å². The molecule has 0 aliphatic heterocycles. The summed E-state index contributed by atoms with van der Waals surface area (Å²) in [5.41, 5.74) is 0.271. The molecular formula is C11H25NO. The molecule has 0 aromatic rings. The fourth-order valence-corrected chi connectivity index (χ4v) is 1.31. The van der Waals surface area contributed by atoms with Gasteiger partial charge in [0.2, 0.25) is 0 Å². The van der Waals surface area contributed by atoms with Gasteiger partial charge in [-0.2, -0.15) is 0 Å². The molecule has 0 unspecified atom stereocenters. The molecule has 2 heteroatoms. The highest BCUT2D eigenvalue weighted by Gasteiger charge is 2.14. The largest absolute Gasteiger partial charge is 0.380 e. The first-order valence-corrected chi connectivity index (χ1v) is 5.45. The summed E-state index contributed by atoms with van der Waals surface area (Å²) in [6.45, 7) is 11.4. The third kappa shape index (κ3) is 8.26. The smallest absolute Gasteiger partial charge is 0.0590 e. The molecule has 1 N–H and O–H groups in total. The summed E-state index contributed by atoms with van der Waals surface area (Å²) in [6.07, 6.45) is 3.82. The van der Waals surface area contributed by atoms with Gasteiger partial charge in [0.25, 0.3) is 0 Å². The van der Waals surface area contributed by atoms with Crippen LogP contribution < -0.4 is 5.32 Å². The monoisotopic (exact) mass is 187 g/mol. The van der Waals surface area contributed by atoms with Crippen LogP contribution in [0.4, 0.5) is 0 Å². The van der Waals surface area contributed by atoms with Gasteiger partial charge < -0.3 is 10.1 Å². The van der Waals surface area contributed by atoms with Crippen molar-refractivity contribution in [1.82, 2.24) is 5.32 Å². The SMILES string of the molecule is CCCCC(C)(C)NCCOCC. The number of unbranched alkanes of at least 4 members (excludes halogenated alkanes) is 1. The predicted molar refractivity (Wildman–Crippen MR) is 58.1 cm³/mol. The number of nitrogens with one attached hydrogen (secondary N) is 1. The molecule has 0 spiro atoms. The van der Waals surface area contributed by atoms with E-state index in [0.717, 1.165) is 19.8 Å². The summed E-state index contributed by atoms with van der Waals surface area (Å²) in [6, 6.07) is 0. The topological polar surface area (TPSA) is 21.3 Å². The van der Waals surface area contributed by atoms with Crippen molar-refractivity contribution in [3.63, 3.8) is 0 Å². The maximum Gasteiger partial charge on any atom is 0.0590 e. The van der Waals surface area contributed by atoms with E-state index in [1.807, 2.05) is 6.92 Å². The van der Waals surface area contributed by atoms with Gasteiger partial charge in [-0.1, -0.05) is 19.8 Å². The van der Waals surface area contributed by atoms with Crippen LogP contribution in [-0.4, -0.2) is 25.3 Å². The first-order chi connectivity index (χ1) is 6.12. The minimum atomic E-state index is 0.271. The molecule has 80 valence electrons. The van der Waals surface area contributed by atoms with Crippen molar-refractivity contribution in [2.75, 3.05) is 19.8 Å². The van der Waals surface area contributed by atoms with Crippen molar-refractivity contribution in [3.05, 3.63) is 0 Å². The fraction of sp³-hybridized carbons (Fsp3) is 1.00. The zero-order valence-corrected chi connectivity index (χ0v) is 9.65. The van der Waals surface area contributed by atoms with E-state index in [1.54, 1.807) is 0 Å². The van der Waals surface area contributed by atoms with Gasteiger partial charge in [0.05, 0.1) is 6.61 Å². The molecule has 0 saturated carbocycles. The van der Waals surface area contributed by atoms with Crippen LogP contribution in [0.1, 0.15) is 47.0 Å². The van der Waals surface area contributed by atoms with Crippen LogP contribution >= 0.6 is 0 Å². The van der Waals surface area contributed by atoms with E-state index in [4.69, 9.17) is 4.74 Å². The van der Waals surface area contributed by atoms with E-state index in [-0.39, 0.29) is 5.54 Å². The average molecular weight is 187 g/mol. The molecule has 0 rings (SSSR count). The maximum atomic E-state index is 5.27. The second-order valence-corrected chi connectivity index (χ2v) is 4.11. The van der Waals surface area contributed by atoms with Crippen molar-refractivity contribution in [2.45, 2.75) is 52.5 Å². The van der Waals surface area contributed by atoms with Crippen LogP contribution in [0.2, 0.25) is 0 Å². The molecule has 0 aromatic heterocycles. The second-order valence-electron chi connectivity index (χ2n) is 4.11. The molecule has 0 saturated heterocycles. The Morgan fingerprint density at radius 1 is 1.23 bits per heavy atom. The van der Waals surface area contributed by atoms with Crippen LogP contribution in [0.3, 0.4) is 0 Å². The molecule has 0 bridgehead atoms. The van der Waals surface area contributed by atoms with Crippen LogP contribution in [0.15, 0.2) is 0 Å². The Bertz CT molecular complexity index is 113. The van der Waals surface area contributed by atoms with Gasteiger partial charge in [0.1, 0.15) is 0 Å². The zero-order valence-electron chi connectivity index (χ0n) is 9.65. The van der Waals surface area contributed by atoms with E-state index >= 15 is 0 Å². The van der Waals surface area contributed by atoms with Gasteiger partial charge in [-0.15, -0.1) is 0 Å². The van der Waals surface area contributed by atoms with Crippen LogP contribution in [0.25, 0.3) is 0 Å². The Hall–Kier alpha value is -0.0800. The minimum absolute atomic E-state index is 0.271. The van der Waals surface area contributed by atoms with E-state index < -0.39 is 0 Å². The standard InChI is InChI=1S/C11H25NO/c1-5-7-8-11(3,4)12-9-10-13-6-2/h12H,5-10H2,1-4H3. The first kappa shape index (κ1) is 12.9. The highest BCUT2D eigenvalue weighted by Crippen LogP contribution is 2.11. The summed E-state index contributed by atoms with van der Waals surface area (Å²) in [5, 5.41) is 3.50. The van der Waals surface area contributed by atoms with Crippen molar-refractivity contribution in [3.8, 4) is 0 Å². The van der Waals surface area contributed by atoms with Gasteiger partial charge in [-0.05, 0) is 27.2 Å². The number of ether oxygens (including phenoxy) is 1. The Balaban J connectivity index is 3.39. The lowest BCUT2D eigenvalue weighted by Gasteiger charge is -2.26. The number of hydrogen-bond donors (Lipinski definition) is 1. The van der Waals surface area contributed by atoms with Crippen molar-refractivity contribution in [1.29, 1.82) is 0 Å². The van der Waals surface area contributed by atoms with E-state index in [1.165, 1.54) is 19.3 Å². The fourth-order valence-electron chi connectivity index (χ4n) is 1.31. The number of rotatable bonds is 8. The first-order valence-electron chi connectivity index (χ1n) is 5.45. The molecule has 0 aliphatic carbocycles. The van der Waals surface area contributed by atoms with Crippen molar-refractivity contribution in [2.24, 2.45) is 0 Å². The van der Waals surface area contributed by atoms with E-state index in [2.05, 4.69) is 26.1 Å². The highest BCUT2D eigenvalue weighted by atomic mass is 16.5. The van der Waals surface area contributed by atoms with Crippen molar-refractivity contribution >= 4 is 0 Å².